The van der Waals surface area contributed by atoms with E-state index in [0.29, 0.717) is 30.3 Å². The van der Waals surface area contributed by atoms with Gasteiger partial charge in [0, 0.05) is 25.3 Å². The average molecular weight is 361 g/mol. The molecule has 1 fully saturated rings. The van der Waals surface area contributed by atoms with Crippen LogP contribution in [-0.2, 0) is 17.8 Å². The van der Waals surface area contributed by atoms with Gasteiger partial charge in [0.05, 0.1) is 40.2 Å². The minimum absolute atomic E-state index is 0.260. The number of hydrogen-bond acceptors (Lipinski definition) is 6. The van der Waals surface area contributed by atoms with Crippen molar-refractivity contribution in [2.24, 2.45) is 0 Å². The van der Waals surface area contributed by atoms with Crippen LogP contribution in [0.2, 0.25) is 0 Å². The van der Waals surface area contributed by atoms with Gasteiger partial charge in [-0.05, 0) is 31.0 Å². The molecule has 142 valence electrons. The number of rotatable bonds is 9. The van der Waals surface area contributed by atoms with E-state index in [1.54, 1.807) is 27.6 Å². The van der Waals surface area contributed by atoms with Crippen molar-refractivity contribution in [2.75, 3.05) is 34.5 Å². The second-order valence-corrected chi connectivity index (χ2v) is 6.38. The van der Waals surface area contributed by atoms with E-state index in [2.05, 4.69) is 4.90 Å². The Bertz CT molecular complexity index is 680. The predicted octanol–water partition coefficient (Wildman–Crippen LogP) is 3.49. The maximum absolute atomic E-state index is 5.83. The summed E-state index contributed by atoms with van der Waals surface area (Å²) in [5, 5.41) is 0. The molecule has 3 rings (SSSR count). The summed E-state index contributed by atoms with van der Waals surface area (Å²) in [6.07, 6.45) is 4.18. The lowest BCUT2D eigenvalue weighted by Crippen LogP contribution is -2.31. The summed E-state index contributed by atoms with van der Waals surface area (Å²) < 4.78 is 27.9. The van der Waals surface area contributed by atoms with Crippen LogP contribution in [-0.4, -0.2) is 45.5 Å². The summed E-state index contributed by atoms with van der Waals surface area (Å²) >= 11 is 0. The molecule has 0 spiro atoms. The molecule has 0 saturated carbocycles. The number of nitrogens with zero attached hydrogens (tertiary/aromatic N) is 1. The van der Waals surface area contributed by atoms with E-state index in [-0.39, 0.29) is 6.10 Å². The monoisotopic (exact) mass is 361 g/mol. The zero-order valence-electron chi connectivity index (χ0n) is 15.7. The number of furan rings is 1. The average Bonchev–Trinajstić information content (AvgIpc) is 3.35. The van der Waals surface area contributed by atoms with Crippen LogP contribution in [0.5, 0.6) is 17.2 Å². The molecule has 1 aliphatic rings. The molecule has 0 aliphatic carbocycles. The summed E-state index contributed by atoms with van der Waals surface area (Å²) in [4.78, 5) is 2.32. The SMILES string of the molecule is COc1ccc(CN(Cc2ccco2)CC2CCCO2)c(OC)c1OC. The summed E-state index contributed by atoms with van der Waals surface area (Å²) in [5.41, 5.74) is 1.04. The van der Waals surface area contributed by atoms with E-state index in [1.165, 1.54) is 0 Å². The van der Waals surface area contributed by atoms with Crippen molar-refractivity contribution in [2.45, 2.75) is 32.0 Å². The first-order chi connectivity index (χ1) is 12.7. The number of hydrogen-bond donors (Lipinski definition) is 0. The van der Waals surface area contributed by atoms with Crippen molar-refractivity contribution in [3.8, 4) is 17.2 Å². The Balaban J connectivity index is 1.82. The third-order valence-electron chi connectivity index (χ3n) is 4.63. The smallest absolute Gasteiger partial charge is 0.203 e. The minimum Gasteiger partial charge on any atom is -0.493 e. The van der Waals surface area contributed by atoms with Crippen LogP contribution >= 0.6 is 0 Å². The second kappa shape index (κ2) is 8.96. The van der Waals surface area contributed by atoms with Crippen molar-refractivity contribution in [1.82, 2.24) is 4.90 Å². The van der Waals surface area contributed by atoms with Crippen LogP contribution in [0.1, 0.15) is 24.2 Å². The highest BCUT2D eigenvalue weighted by Crippen LogP contribution is 2.40. The highest BCUT2D eigenvalue weighted by Gasteiger charge is 2.23. The van der Waals surface area contributed by atoms with E-state index in [0.717, 1.165) is 37.3 Å². The normalized spacial score (nSPS) is 16.8. The minimum atomic E-state index is 0.260. The summed E-state index contributed by atoms with van der Waals surface area (Å²) in [7, 11) is 4.90. The molecule has 6 heteroatoms. The van der Waals surface area contributed by atoms with Gasteiger partial charge in [-0.2, -0.15) is 0 Å². The Kier molecular flexibility index (Phi) is 6.41. The van der Waals surface area contributed by atoms with Gasteiger partial charge in [0.2, 0.25) is 5.75 Å². The van der Waals surface area contributed by atoms with Crippen molar-refractivity contribution < 1.29 is 23.4 Å². The van der Waals surface area contributed by atoms with Crippen LogP contribution < -0.4 is 14.2 Å². The zero-order chi connectivity index (χ0) is 18.4. The Hall–Kier alpha value is -2.18. The molecular formula is C20H27NO5. The quantitative estimate of drug-likeness (QED) is 0.681. The molecule has 0 radical (unpaired) electrons. The van der Waals surface area contributed by atoms with Gasteiger partial charge < -0.3 is 23.4 Å². The van der Waals surface area contributed by atoms with Gasteiger partial charge >= 0.3 is 0 Å². The molecule has 26 heavy (non-hydrogen) atoms. The van der Waals surface area contributed by atoms with Gasteiger partial charge in [-0.1, -0.05) is 6.07 Å². The molecule has 1 aliphatic heterocycles. The highest BCUT2D eigenvalue weighted by atomic mass is 16.5. The summed E-state index contributed by atoms with van der Waals surface area (Å²) in [6.45, 7) is 3.10. The Morgan fingerprint density at radius 2 is 1.88 bits per heavy atom. The van der Waals surface area contributed by atoms with Gasteiger partial charge in [-0.3, -0.25) is 4.90 Å². The van der Waals surface area contributed by atoms with Crippen molar-refractivity contribution in [3.05, 3.63) is 41.9 Å². The molecule has 1 saturated heterocycles. The molecule has 0 amide bonds. The third-order valence-corrected chi connectivity index (χ3v) is 4.63. The third kappa shape index (κ3) is 4.31. The molecule has 1 unspecified atom stereocenters. The zero-order valence-corrected chi connectivity index (χ0v) is 15.7. The molecule has 1 aromatic heterocycles. The Morgan fingerprint density at radius 1 is 1.04 bits per heavy atom. The predicted molar refractivity (Wildman–Crippen MR) is 97.9 cm³/mol. The first-order valence-corrected chi connectivity index (χ1v) is 8.89. The fraction of sp³-hybridized carbons (Fsp3) is 0.500. The fourth-order valence-corrected chi connectivity index (χ4v) is 3.41. The fourth-order valence-electron chi connectivity index (χ4n) is 3.41. The van der Waals surface area contributed by atoms with Gasteiger partial charge in [0.1, 0.15) is 5.76 Å². The molecule has 1 atom stereocenters. The lowest BCUT2D eigenvalue weighted by Gasteiger charge is -2.26. The molecule has 2 heterocycles. The maximum Gasteiger partial charge on any atom is 0.203 e. The second-order valence-electron chi connectivity index (χ2n) is 6.38. The van der Waals surface area contributed by atoms with E-state index in [4.69, 9.17) is 23.4 Å². The largest absolute Gasteiger partial charge is 0.493 e. The first-order valence-electron chi connectivity index (χ1n) is 8.89. The lowest BCUT2D eigenvalue weighted by atomic mass is 10.1. The van der Waals surface area contributed by atoms with E-state index in [1.807, 2.05) is 24.3 Å². The first kappa shape index (κ1) is 18.6. The van der Waals surface area contributed by atoms with Gasteiger partial charge in [-0.15, -0.1) is 0 Å². The number of ether oxygens (including phenoxy) is 4. The lowest BCUT2D eigenvalue weighted by molar-refractivity contribution is 0.0651. The van der Waals surface area contributed by atoms with Crippen LogP contribution in [0, 0.1) is 0 Å². The molecule has 1 aromatic carbocycles. The topological polar surface area (TPSA) is 53.3 Å². The Labute approximate surface area is 154 Å². The molecule has 0 bridgehead atoms. The van der Waals surface area contributed by atoms with E-state index in [9.17, 15) is 0 Å². The van der Waals surface area contributed by atoms with Crippen molar-refractivity contribution in [1.29, 1.82) is 0 Å². The highest BCUT2D eigenvalue weighted by molar-refractivity contribution is 5.55. The van der Waals surface area contributed by atoms with E-state index >= 15 is 0 Å². The summed E-state index contributed by atoms with van der Waals surface area (Å²) in [6, 6.07) is 7.84. The number of methoxy groups -OCH3 is 3. The molecule has 0 N–H and O–H groups in total. The molecular weight excluding hydrogens is 334 g/mol. The van der Waals surface area contributed by atoms with Crippen molar-refractivity contribution >= 4 is 0 Å². The standard InChI is InChI=1S/C20H27NO5/c1-22-18-9-8-15(19(23-2)20(18)24-3)12-21(13-16-6-4-10-25-16)14-17-7-5-11-26-17/h4,6,8-10,17H,5,7,11-14H2,1-3H3. The summed E-state index contributed by atoms with van der Waals surface area (Å²) in [5.74, 6) is 2.90. The van der Waals surface area contributed by atoms with Crippen LogP contribution in [0.25, 0.3) is 0 Å². The van der Waals surface area contributed by atoms with Crippen molar-refractivity contribution in [3.63, 3.8) is 0 Å². The maximum atomic E-state index is 5.83. The number of benzene rings is 1. The van der Waals surface area contributed by atoms with E-state index < -0.39 is 0 Å². The Morgan fingerprint density at radius 3 is 2.50 bits per heavy atom. The van der Waals surface area contributed by atoms with Crippen LogP contribution in [0.4, 0.5) is 0 Å². The van der Waals surface area contributed by atoms with Gasteiger partial charge in [-0.25, -0.2) is 0 Å². The molecule has 2 aromatic rings. The van der Waals surface area contributed by atoms with Crippen LogP contribution in [0.15, 0.2) is 34.9 Å². The van der Waals surface area contributed by atoms with Crippen LogP contribution in [0.3, 0.4) is 0 Å². The van der Waals surface area contributed by atoms with Gasteiger partial charge in [0.15, 0.2) is 11.5 Å². The molecule has 6 nitrogen and oxygen atoms in total. The van der Waals surface area contributed by atoms with Gasteiger partial charge in [0.25, 0.3) is 0 Å².